The molecule has 0 N–H and O–H groups in total. The van der Waals surface area contributed by atoms with Crippen molar-refractivity contribution in [1.82, 2.24) is 0 Å². The Hall–Kier alpha value is -2.75. The summed E-state index contributed by atoms with van der Waals surface area (Å²) in [6.07, 6.45) is -3.42. The topological polar surface area (TPSA) is 74.2 Å². The Morgan fingerprint density at radius 2 is 1.61 bits per heavy atom. The monoisotopic (exact) mass is 415 g/mol. The number of benzene rings is 2. The lowest BCUT2D eigenvalue weighted by molar-refractivity contribution is -0.274. The highest BCUT2D eigenvalue weighted by atomic mass is 32.2. The van der Waals surface area contributed by atoms with Gasteiger partial charge in [-0.1, -0.05) is 17.3 Å². The number of oxime groups is 1. The summed E-state index contributed by atoms with van der Waals surface area (Å²) in [5.41, 5.74) is -0.324. The largest absolute Gasteiger partial charge is 0.573 e. The van der Waals surface area contributed by atoms with Crippen molar-refractivity contribution in [2.75, 3.05) is 6.26 Å². The van der Waals surface area contributed by atoms with E-state index in [4.69, 9.17) is 9.57 Å². The van der Waals surface area contributed by atoms with E-state index in [1.807, 2.05) is 0 Å². The van der Waals surface area contributed by atoms with Crippen molar-refractivity contribution in [2.24, 2.45) is 5.16 Å². The van der Waals surface area contributed by atoms with E-state index in [0.717, 1.165) is 6.26 Å². The standard InChI is InChI=1S/C18H16F3NO5S/c1-17(12-3-5-14(6-4-12)26-18(19,20)21)11-16(22-27-17)25-13-7-9-15(10-8-13)28(2,23)24/h3-10H,11H2,1-2H3/t17-/m1/s1. The van der Waals surface area contributed by atoms with E-state index in [9.17, 15) is 21.6 Å². The zero-order valence-corrected chi connectivity index (χ0v) is 15.7. The molecular weight excluding hydrogens is 399 g/mol. The quantitative estimate of drug-likeness (QED) is 0.754. The van der Waals surface area contributed by atoms with Gasteiger partial charge in [0.15, 0.2) is 15.4 Å². The number of alkyl halides is 3. The second-order valence-corrected chi connectivity index (χ2v) is 8.42. The highest BCUT2D eigenvalue weighted by molar-refractivity contribution is 7.90. The fourth-order valence-corrected chi connectivity index (χ4v) is 3.24. The third kappa shape index (κ3) is 4.75. The number of sulfone groups is 1. The maximum atomic E-state index is 12.3. The predicted octanol–water partition coefficient (Wildman–Crippen LogP) is 4.02. The van der Waals surface area contributed by atoms with Gasteiger partial charge in [-0.25, -0.2) is 8.42 Å². The minimum Gasteiger partial charge on any atom is -0.440 e. The number of hydrogen-bond acceptors (Lipinski definition) is 6. The van der Waals surface area contributed by atoms with Crippen LogP contribution >= 0.6 is 0 Å². The minimum atomic E-state index is -4.76. The summed E-state index contributed by atoms with van der Waals surface area (Å²) in [5.74, 6) is 0.305. The SMILES string of the molecule is C[C@]1(c2ccc(OC(F)(F)F)cc2)CC(Oc2ccc(S(C)(=O)=O)cc2)=NO1. The van der Waals surface area contributed by atoms with E-state index in [0.29, 0.717) is 11.3 Å². The van der Waals surface area contributed by atoms with E-state index < -0.39 is 21.8 Å². The summed E-state index contributed by atoms with van der Waals surface area (Å²) >= 11 is 0. The molecule has 0 aliphatic carbocycles. The second kappa shape index (κ2) is 7.01. The Morgan fingerprint density at radius 1 is 1.04 bits per heavy atom. The van der Waals surface area contributed by atoms with Gasteiger partial charge in [0.1, 0.15) is 11.5 Å². The van der Waals surface area contributed by atoms with Gasteiger partial charge in [0, 0.05) is 6.26 Å². The van der Waals surface area contributed by atoms with Crippen LogP contribution in [0, 0.1) is 0 Å². The molecule has 1 atom stereocenters. The summed E-state index contributed by atoms with van der Waals surface area (Å²) in [6, 6.07) is 11.1. The average molecular weight is 415 g/mol. The van der Waals surface area contributed by atoms with E-state index >= 15 is 0 Å². The van der Waals surface area contributed by atoms with Gasteiger partial charge in [0.05, 0.1) is 11.3 Å². The van der Waals surface area contributed by atoms with Gasteiger partial charge >= 0.3 is 6.36 Å². The molecule has 0 radical (unpaired) electrons. The lowest BCUT2D eigenvalue weighted by atomic mass is 9.93. The molecule has 28 heavy (non-hydrogen) atoms. The molecule has 6 nitrogen and oxygen atoms in total. The molecule has 2 aromatic rings. The summed E-state index contributed by atoms with van der Waals surface area (Å²) < 4.78 is 69.2. The van der Waals surface area contributed by atoms with Crippen molar-refractivity contribution in [2.45, 2.75) is 30.2 Å². The van der Waals surface area contributed by atoms with Gasteiger partial charge in [-0.2, -0.15) is 0 Å². The van der Waals surface area contributed by atoms with Crippen LogP contribution in [0.3, 0.4) is 0 Å². The van der Waals surface area contributed by atoms with Crippen molar-refractivity contribution in [1.29, 1.82) is 0 Å². The van der Waals surface area contributed by atoms with Crippen molar-refractivity contribution in [3.05, 3.63) is 54.1 Å². The molecule has 10 heteroatoms. The molecule has 150 valence electrons. The lowest BCUT2D eigenvalue weighted by Gasteiger charge is -2.21. The van der Waals surface area contributed by atoms with Crippen LogP contribution in [0.1, 0.15) is 18.9 Å². The first-order valence-electron chi connectivity index (χ1n) is 8.04. The third-order valence-electron chi connectivity index (χ3n) is 4.02. The molecule has 0 saturated heterocycles. The van der Waals surface area contributed by atoms with Crippen molar-refractivity contribution in [3.8, 4) is 11.5 Å². The molecule has 0 spiro atoms. The van der Waals surface area contributed by atoms with Crippen LogP contribution in [0.5, 0.6) is 11.5 Å². The van der Waals surface area contributed by atoms with Crippen molar-refractivity contribution < 1.29 is 35.9 Å². The molecule has 0 saturated carbocycles. The minimum absolute atomic E-state index is 0.162. The molecule has 0 fully saturated rings. The smallest absolute Gasteiger partial charge is 0.440 e. The fraction of sp³-hybridized carbons (Fsp3) is 0.278. The molecule has 0 unspecified atom stereocenters. The molecule has 1 aliphatic rings. The maximum Gasteiger partial charge on any atom is 0.573 e. The number of rotatable bonds is 4. The van der Waals surface area contributed by atoms with E-state index in [2.05, 4.69) is 9.89 Å². The predicted molar refractivity (Wildman–Crippen MR) is 93.8 cm³/mol. The number of halogens is 3. The maximum absolute atomic E-state index is 12.3. The molecular formula is C18H16F3NO5S. The van der Waals surface area contributed by atoms with Crippen LogP contribution in [-0.2, 0) is 20.3 Å². The Balaban J connectivity index is 1.66. The zero-order valence-electron chi connectivity index (χ0n) is 14.9. The molecule has 3 rings (SSSR count). The molecule has 0 amide bonds. The van der Waals surface area contributed by atoms with E-state index in [1.54, 1.807) is 6.92 Å². The highest BCUT2D eigenvalue weighted by Gasteiger charge is 2.38. The van der Waals surface area contributed by atoms with Gasteiger partial charge in [0.25, 0.3) is 0 Å². The van der Waals surface area contributed by atoms with Crippen LogP contribution < -0.4 is 9.47 Å². The normalized spacial score (nSPS) is 19.7. The summed E-state index contributed by atoms with van der Waals surface area (Å²) in [5, 5.41) is 3.88. The van der Waals surface area contributed by atoms with Gasteiger partial charge in [-0.05, 0) is 48.9 Å². The number of ether oxygens (including phenoxy) is 2. The summed E-state index contributed by atoms with van der Waals surface area (Å²) in [7, 11) is -3.31. The van der Waals surface area contributed by atoms with Crippen molar-refractivity contribution >= 4 is 15.7 Å². The molecule has 0 bridgehead atoms. The second-order valence-electron chi connectivity index (χ2n) is 6.40. The first-order chi connectivity index (χ1) is 12.9. The number of nitrogens with zero attached hydrogens (tertiary/aromatic N) is 1. The van der Waals surface area contributed by atoms with Crippen LogP contribution in [-0.4, -0.2) is 26.9 Å². The van der Waals surface area contributed by atoms with Crippen molar-refractivity contribution in [3.63, 3.8) is 0 Å². The Labute approximate surface area is 159 Å². The molecule has 2 aromatic carbocycles. The average Bonchev–Trinajstić information content (AvgIpc) is 2.96. The first kappa shape index (κ1) is 20.0. The Kier molecular flexibility index (Phi) is 5.00. The van der Waals surface area contributed by atoms with E-state index in [1.165, 1.54) is 48.5 Å². The fourth-order valence-electron chi connectivity index (χ4n) is 2.61. The first-order valence-corrected chi connectivity index (χ1v) is 9.93. The lowest BCUT2D eigenvalue weighted by Crippen LogP contribution is -2.23. The molecule has 1 aliphatic heterocycles. The van der Waals surface area contributed by atoms with Crippen LogP contribution in [0.15, 0.2) is 58.6 Å². The highest BCUT2D eigenvalue weighted by Crippen LogP contribution is 2.36. The third-order valence-corrected chi connectivity index (χ3v) is 5.15. The summed E-state index contributed by atoms with van der Waals surface area (Å²) in [6.45, 7) is 1.72. The van der Waals surface area contributed by atoms with Crippen LogP contribution in [0.4, 0.5) is 13.2 Å². The van der Waals surface area contributed by atoms with Crippen LogP contribution in [0.2, 0.25) is 0 Å². The zero-order chi connectivity index (χ0) is 20.6. The Morgan fingerprint density at radius 3 is 2.14 bits per heavy atom. The van der Waals surface area contributed by atoms with Gasteiger partial charge < -0.3 is 14.3 Å². The number of hydrogen-bond donors (Lipinski definition) is 0. The van der Waals surface area contributed by atoms with Crippen LogP contribution in [0.25, 0.3) is 0 Å². The summed E-state index contributed by atoms with van der Waals surface area (Å²) in [4.78, 5) is 5.60. The van der Waals surface area contributed by atoms with E-state index in [-0.39, 0.29) is 23.0 Å². The van der Waals surface area contributed by atoms with Gasteiger partial charge in [-0.3, -0.25) is 0 Å². The Bertz CT molecular complexity index is 985. The van der Waals surface area contributed by atoms with Gasteiger partial charge in [-0.15, -0.1) is 13.2 Å². The molecule has 1 heterocycles. The molecule has 0 aromatic heterocycles. The van der Waals surface area contributed by atoms with Gasteiger partial charge in [0.2, 0.25) is 5.90 Å².